The highest BCUT2D eigenvalue weighted by Gasteiger charge is 2.16. The molecule has 0 spiro atoms. The van der Waals surface area contributed by atoms with Gasteiger partial charge in [-0.2, -0.15) is 0 Å². The molecule has 0 saturated carbocycles. The van der Waals surface area contributed by atoms with Gasteiger partial charge in [-0.05, 0) is 39.3 Å². The van der Waals surface area contributed by atoms with E-state index >= 15 is 0 Å². The predicted molar refractivity (Wildman–Crippen MR) is 96.0 cm³/mol. The van der Waals surface area contributed by atoms with Crippen LogP contribution in [0.25, 0.3) is 0 Å². The van der Waals surface area contributed by atoms with Crippen LogP contribution in [0, 0.1) is 0 Å². The maximum atomic E-state index is 11.6. The summed E-state index contributed by atoms with van der Waals surface area (Å²) in [6.45, 7) is 8.67. The van der Waals surface area contributed by atoms with Gasteiger partial charge < -0.3 is 10.1 Å². The van der Waals surface area contributed by atoms with Gasteiger partial charge >= 0.3 is 6.09 Å². The number of nitrogens with one attached hydrogen (secondary N) is 2. The topological polar surface area (TPSA) is 63.2 Å². The highest BCUT2D eigenvalue weighted by atomic mass is 16.6. The first-order chi connectivity index (χ1) is 10.9. The lowest BCUT2D eigenvalue weighted by molar-refractivity contribution is 0.0635. The van der Waals surface area contributed by atoms with Crippen LogP contribution in [0.5, 0.6) is 0 Å². The first kappa shape index (κ1) is 19.3. The van der Waals surface area contributed by atoms with Crippen molar-refractivity contribution in [3.63, 3.8) is 0 Å². The maximum absolute atomic E-state index is 11.6. The number of amides is 1. The fraction of sp³-hybridized carbons (Fsp3) is 0.667. The summed E-state index contributed by atoms with van der Waals surface area (Å²) in [5.41, 5.74) is 0.455. The molecule has 0 aliphatic rings. The molecular weight excluding hydrogens is 290 g/mol. The SMILES string of the molecule is CCCCCCCCNc1ccc(NC(=O)OC(C)(C)C)nc1. The fourth-order valence-electron chi connectivity index (χ4n) is 2.12. The van der Waals surface area contributed by atoms with E-state index in [1.807, 2.05) is 26.8 Å². The van der Waals surface area contributed by atoms with E-state index in [-0.39, 0.29) is 0 Å². The quantitative estimate of drug-likeness (QED) is 0.613. The maximum Gasteiger partial charge on any atom is 0.413 e. The summed E-state index contributed by atoms with van der Waals surface area (Å²) in [6, 6.07) is 3.68. The zero-order valence-electron chi connectivity index (χ0n) is 14.9. The number of rotatable bonds is 9. The molecule has 1 rings (SSSR count). The minimum Gasteiger partial charge on any atom is -0.444 e. The van der Waals surface area contributed by atoms with Gasteiger partial charge in [-0.3, -0.25) is 5.32 Å². The van der Waals surface area contributed by atoms with Crippen LogP contribution in [0.15, 0.2) is 18.3 Å². The van der Waals surface area contributed by atoms with Gasteiger partial charge in [0.15, 0.2) is 0 Å². The Morgan fingerprint density at radius 2 is 1.83 bits per heavy atom. The highest BCUT2D eigenvalue weighted by Crippen LogP contribution is 2.13. The van der Waals surface area contributed by atoms with Crippen molar-refractivity contribution < 1.29 is 9.53 Å². The number of hydrogen-bond donors (Lipinski definition) is 2. The number of ether oxygens (including phenoxy) is 1. The van der Waals surface area contributed by atoms with Crippen LogP contribution < -0.4 is 10.6 Å². The zero-order valence-corrected chi connectivity index (χ0v) is 14.9. The van der Waals surface area contributed by atoms with Crippen molar-refractivity contribution >= 4 is 17.6 Å². The van der Waals surface area contributed by atoms with Gasteiger partial charge in [0, 0.05) is 6.54 Å². The van der Waals surface area contributed by atoms with Crippen molar-refractivity contribution in [3.05, 3.63) is 18.3 Å². The van der Waals surface area contributed by atoms with Gasteiger partial charge in [0.25, 0.3) is 0 Å². The van der Waals surface area contributed by atoms with Gasteiger partial charge in [-0.25, -0.2) is 9.78 Å². The molecular formula is C18H31N3O2. The van der Waals surface area contributed by atoms with Crippen LogP contribution in [0.1, 0.15) is 66.2 Å². The molecule has 1 amide bonds. The lowest BCUT2D eigenvalue weighted by atomic mass is 10.1. The molecule has 5 nitrogen and oxygen atoms in total. The lowest BCUT2D eigenvalue weighted by Gasteiger charge is -2.19. The number of hydrogen-bond acceptors (Lipinski definition) is 4. The Labute approximate surface area is 140 Å². The van der Waals surface area contributed by atoms with Crippen molar-refractivity contribution in [2.75, 3.05) is 17.2 Å². The Balaban J connectivity index is 2.24. The summed E-state index contributed by atoms with van der Waals surface area (Å²) < 4.78 is 5.19. The van der Waals surface area contributed by atoms with E-state index in [4.69, 9.17) is 4.74 Å². The fourth-order valence-corrected chi connectivity index (χ4v) is 2.12. The van der Waals surface area contributed by atoms with Crippen LogP contribution >= 0.6 is 0 Å². The Kier molecular flexibility index (Phi) is 8.45. The number of carbonyl (C=O) groups excluding carboxylic acids is 1. The van der Waals surface area contributed by atoms with Crippen LogP contribution in [-0.4, -0.2) is 23.2 Å². The van der Waals surface area contributed by atoms with E-state index in [1.165, 1.54) is 38.5 Å². The van der Waals surface area contributed by atoms with Crippen LogP contribution in [0.2, 0.25) is 0 Å². The monoisotopic (exact) mass is 321 g/mol. The average Bonchev–Trinajstić information content (AvgIpc) is 2.46. The summed E-state index contributed by atoms with van der Waals surface area (Å²) in [5.74, 6) is 0.490. The molecule has 0 atom stereocenters. The lowest BCUT2D eigenvalue weighted by Crippen LogP contribution is -2.27. The van der Waals surface area contributed by atoms with E-state index in [9.17, 15) is 4.79 Å². The summed E-state index contributed by atoms with van der Waals surface area (Å²) >= 11 is 0. The molecule has 0 unspecified atom stereocenters. The van der Waals surface area contributed by atoms with Gasteiger partial charge in [0.05, 0.1) is 11.9 Å². The third-order valence-corrected chi connectivity index (χ3v) is 3.25. The predicted octanol–water partition coefficient (Wildman–Crippen LogP) is 5.20. The van der Waals surface area contributed by atoms with Gasteiger partial charge in [-0.1, -0.05) is 39.0 Å². The standard InChI is InChI=1S/C18H31N3O2/c1-5-6-7-8-9-10-13-19-15-11-12-16(20-14-15)21-17(22)23-18(2,3)4/h11-12,14,19H,5-10,13H2,1-4H3,(H,20,21,22). The van der Waals surface area contributed by atoms with E-state index in [0.717, 1.165) is 12.2 Å². The summed E-state index contributed by atoms with van der Waals surface area (Å²) in [5, 5.41) is 5.97. The molecule has 0 saturated heterocycles. The molecule has 2 N–H and O–H groups in total. The first-order valence-corrected chi connectivity index (χ1v) is 8.60. The second kappa shape index (κ2) is 10.1. The first-order valence-electron chi connectivity index (χ1n) is 8.60. The summed E-state index contributed by atoms with van der Waals surface area (Å²) in [6.07, 6.45) is 8.94. The molecule has 23 heavy (non-hydrogen) atoms. The Morgan fingerprint density at radius 1 is 1.13 bits per heavy atom. The van der Waals surface area contributed by atoms with Crippen molar-refractivity contribution in [1.82, 2.24) is 4.98 Å². The van der Waals surface area contributed by atoms with Crippen molar-refractivity contribution in [2.45, 2.75) is 71.8 Å². The highest BCUT2D eigenvalue weighted by molar-refractivity contribution is 5.83. The second-order valence-corrected chi connectivity index (χ2v) is 6.75. The third kappa shape index (κ3) is 9.76. The van der Waals surface area contributed by atoms with Crippen molar-refractivity contribution in [1.29, 1.82) is 0 Å². The number of pyridine rings is 1. The molecule has 1 aromatic heterocycles. The van der Waals surface area contributed by atoms with Crippen molar-refractivity contribution in [2.24, 2.45) is 0 Å². The van der Waals surface area contributed by atoms with E-state index in [0.29, 0.717) is 5.82 Å². The molecule has 1 heterocycles. The van der Waals surface area contributed by atoms with Gasteiger partial charge in [-0.15, -0.1) is 0 Å². The van der Waals surface area contributed by atoms with Crippen LogP contribution in [0.3, 0.4) is 0 Å². The molecule has 1 aromatic rings. The smallest absolute Gasteiger partial charge is 0.413 e. The Morgan fingerprint density at radius 3 is 2.43 bits per heavy atom. The normalized spacial score (nSPS) is 11.1. The minimum absolute atomic E-state index is 0.488. The van der Waals surface area contributed by atoms with Crippen LogP contribution in [0.4, 0.5) is 16.3 Å². The molecule has 0 aliphatic carbocycles. The number of nitrogens with zero attached hydrogens (tertiary/aromatic N) is 1. The molecule has 0 bridgehead atoms. The molecule has 0 aromatic carbocycles. The largest absolute Gasteiger partial charge is 0.444 e. The number of anilines is 2. The number of carbonyl (C=O) groups is 1. The second-order valence-electron chi connectivity index (χ2n) is 6.75. The van der Waals surface area contributed by atoms with E-state index < -0.39 is 11.7 Å². The van der Waals surface area contributed by atoms with Crippen LogP contribution in [-0.2, 0) is 4.74 Å². The zero-order chi connectivity index (χ0) is 17.1. The molecule has 0 aliphatic heterocycles. The molecule has 0 fully saturated rings. The summed E-state index contributed by atoms with van der Waals surface area (Å²) in [4.78, 5) is 15.9. The van der Waals surface area contributed by atoms with E-state index in [2.05, 4.69) is 22.5 Å². The minimum atomic E-state index is -0.511. The third-order valence-electron chi connectivity index (χ3n) is 3.25. The average molecular weight is 321 g/mol. The summed E-state index contributed by atoms with van der Waals surface area (Å²) in [7, 11) is 0. The molecule has 130 valence electrons. The number of unbranched alkanes of at least 4 members (excludes halogenated alkanes) is 5. The molecule has 0 radical (unpaired) electrons. The number of aromatic nitrogens is 1. The van der Waals surface area contributed by atoms with Gasteiger partial charge in [0.2, 0.25) is 0 Å². The van der Waals surface area contributed by atoms with Crippen molar-refractivity contribution in [3.8, 4) is 0 Å². The Hall–Kier alpha value is -1.78. The van der Waals surface area contributed by atoms with E-state index in [1.54, 1.807) is 12.3 Å². The molecule has 5 heteroatoms. The Bertz CT molecular complexity index is 452. The van der Waals surface area contributed by atoms with Gasteiger partial charge in [0.1, 0.15) is 11.4 Å².